The summed E-state index contributed by atoms with van der Waals surface area (Å²) in [4.78, 5) is 0.550. The maximum atomic E-state index is 13.9. The van der Waals surface area contributed by atoms with Crippen LogP contribution in [0.25, 0.3) is 0 Å². The third kappa shape index (κ3) is 1.63. The van der Waals surface area contributed by atoms with E-state index in [0.29, 0.717) is 16.3 Å². The van der Waals surface area contributed by atoms with E-state index in [1.54, 1.807) is 18.4 Å². The molecule has 0 aliphatic carbocycles. The van der Waals surface area contributed by atoms with Gasteiger partial charge in [-0.25, -0.2) is 4.39 Å². The standard InChI is InChI=1S/C8H11ClFNS/c1-2-8(10,5-11)7-6(9)3-4-12-7/h3-4H,2,5,11H2,1H3. The first-order valence-electron chi connectivity index (χ1n) is 3.76. The van der Waals surface area contributed by atoms with E-state index in [0.717, 1.165) is 0 Å². The minimum atomic E-state index is -1.44. The second kappa shape index (κ2) is 3.73. The van der Waals surface area contributed by atoms with Crippen molar-refractivity contribution in [1.82, 2.24) is 0 Å². The summed E-state index contributed by atoms with van der Waals surface area (Å²) < 4.78 is 13.9. The molecule has 12 heavy (non-hydrogen) atoms. The second-order valence-corrected chi connectivity index (χ2v) is 3.94. The molecule has 68 valence electrons. The minimum absolute atomic E-state index is 0.0102. The summed E-state index contributed by atoms with van der Waals surface area (Å²) in [6, 6.07) is 1.70. The van der Waals surface area contributed by atoms with E-state index in [9.17, 15) is 4.39 Å². The van der Waals surface area contributed by atoms with Crippen molar-refractivity contribution in [2.45, 2.75) is 19.0 Å². The fourth-order valence-electron chi connectivity index (χ4n) is 1.01. The van der Waals surface area contributed by atoms with Gasteiger partial charge in [0.1, 0.15) is 0 Å². The molecule has 0 bridgehead atoms. The number of hydrogen-bond donors (Lipinski definition) is 1. The molecule has 1 rings (SSSR count). The van der Waals surface area contributed by atoms with Crippen molar-refractivity contribution >= 4 is 22.9 Å². The van der Waals surface area contributed by atoms with Crippen molar-refractivity contribution in [2.75, 3.05) is 6.54 Å². The van der Waals surface area contributed by atoms with E-state index in [4.69, 9.17) is 17.3 Å². The van der Waals surface area contributed by atoms with Gasteiger partial charge in [0.05, 0.1) is 9.90 Å². The number of alkyl halides is 1. The van der Waals surface area contributed by atoms with Crippen molar-refractivity contribution in [2.24, 2.45) is 5.73 Å². The molecule has 1 aromatic rings. The Morgan fingerprint density at radius 3 is 2.75 bits per heavy atom. The molecule has 1 heterocycles. The van der Waals surface area contributed by atoms with Gasteiger partial charge in [0, 0.05) is 6.54 Å². The van der Waals surface area contributed by atoms with Gasteiger partial charge in [-0.05, 0) is 17.9 Å². The molecule has 4 heteroatoms. The molecule has 0 fully saturated rings. The van der Waals surface area contributed by atoms with Crippen molar-refractivity contribution in [1.29, 1.82) is 0 Å². The molecule has 0 saturated carbocycles. The third-order valence-corrected chi connectivity index (χ3v) is 3.43. The molecule has 0 aliphatic rings. The molecule has 0 spiro atoms. The molecule has 1 unspecified atom stereocenters. The first-order valence-corrected chi connectivity index (χ1v) is 5.02. The highest BCUT2D eigenvalue weighted by molar-refractivity contribution is 7.10. The molecular weight excluding hydrogens is 197 g/mol. The fourth-order valence-corrected chi connectivity index (χ4v) is 2.41. The van der Waals surface area contributed by atoms with Crippen LogP contribution in [-0.4, -0.2) is 6.54 Å². The predicted molar refractivity (Wildman–Crippen MR) is 51.5 cm³/mol. The van der Waals surface area contributed by atoms with Crippen LogP contribution in [-0.2, 0) is 5.67 Å². The van der Waals surface area contributed by atoms with Gasteiger partial charge in [0.2, 0.25) is 0 Å². The zero-order valence-corrected chi connectivity index (χ0v) is 8.38. The van der Waals surface area contributed by atoms with E-state index < -0.39 is 5.67 Å². The maximum absolute atomic E-state index is 13.9. The van der Waals surface area contributed by atoms with Crippen molar-refractivity contribution in [3.63, 3.8) is 0 Å². The zero-order valence-electron chi connectivity index (χ0n) is 6.81. The van der Waals surface area contributed by atoms with Crippen molar-refractivity contribution in [3.8, 4) is 0 Å². The highest BCUT2D eigenvalue weighted by Gasteiger charge is 2.31. The summed E-state index contributed by atoms with van der Waals surface area (Å²) in [6.45, 7) is 1.76. The van der Waals surface area contributed by atoms with Crippen LogP contribution in [0.4, 0.5) is 4.39 Å². The summed E-state index contributed by atoms with van der Waals surface area (Å²) in [5.74, 6) is 0. The number of rotatable bonds is 3. The molecular formula is C8H11ClFNS. The Bertz CT molecular complexity index is 257. The predicted octanol–water partition coefficient (Wildman–Crippen LogP) is 2.94. The van der Waals surface area contributed by atoms with Crippen LogP contribution in [0.15, 0.2) is 11.4 Å². The summed E-state index contributed by atoms with van der Waals surface area (Å²) in [5, 5.41) is 2.26. The molecule has 0 amide bonds. The lowest BCUT2D eigenvalue weighted by molar-refractivity contribution is 0.174. The van der Waals surface area contributed by atoms with Gasteiger partial charge in [0.25, 0.3) is 0 Å². The van der Waals surface area contributed by atoms with Crippen molar-refractivity contribution < 1.29 is 4.39 Å². The van der Waals surface area contributed by atoms with E-state index in [-0.39, 0.29) is 6.54 Å². The van der Waals surface area contributed by atoms with Gasteiger partial charge in [-0.15, -0.1) is 11.3 Å². The lowest BCUT2D eigenvalue weighted by Crippen LogP contribution is -2.28. The van der Waals surface area contributed by atoms with E-state index in [2.05, 4.69) is 0 Å². The van der Waals surface area contributed by atoms with Crippen LogP contribution in [0.5, 0.6) is 0 Å². The van der Waals surface area contributed by atoms with E-state index >= 15 is 0 Å². The van der Waals surface area contributed by atoms with Crippen LogP contribution in [0, 0.1) is 0 Å². The Balaban J connectivity index is 3.02. The summed E-state index contributed by atoms with van der Waals surface area (Å²) in [6.07, 6.45) is 0.365. The average molecular weight is 208 g/mol. The largest absolute Gasteiger partial charge is 0.327 e. The molecule has 1 aromatic heterocycles. The van der Waals surface area contributed by atoms with Crippen LogP contribution in [0.1, 0.15) is 18.2 Å². The average Bonchev–Trinajstić information content (AvgIpc) is 2.51. The molecule has 0 aliphatic heterocycles. The van der Waals surface area contributed by atoms with Crippen LogP contribution >= 0.6 is 22.9 Å². The fraction of sp³-hybridized carbons (Fsp3) is 0.500. The molecule has 0 aromatic carbocycles. The van der Waals surface area contributed by atoms with E-state index in [1.165, 1.54) is 11.3 Å². The van der Waals surface area contributed by atoms with Gasteiger partial charge >= 0.3 is 0 Å². The molecule has 1 nitrogen and oxygen atoms in total. The number of thiophene rings is 1. The number of nitrogens with two attached hydrogens (primary N) is 1. The summed E-state index contributed by atoms with van der Waals surface area (Å²) in [7, 11) is 0. The maximum Gasteiger partial charge on any atom is 0.158 e. The quantitative estimate of drug-likeness (QED) is 0.811. The molecule has 2 N–H and O–H groups in total. The lowest BCUT2D eigenvalue weighted by atomic mass is 10.0. The smallest absolute Gasteiger partial charge is 0.158 e. The molecule has 0 radical (unpaired) electrons. The third-order valence-electron chi connectivity index (χ3n) is 1.91. The summed E-state index contributed by atoms with van der Waals surface area (Å²) in [5.41, 5.74) is 3.91. The molecule has 1 atom stereocenters. The Kier molecular flexibility index (Phi) is 3.09. The Morgan fingerprint density at radius 2 is 2.42 bits per heavy atom. The number of hydrogen-bond acceptors (Lipinski definition) is 2. The van der Waals surface area contributed by atoms with Gasteiger partial charge < -0.3 is 5.73 Å². The van der Waals surface area contributed by atoms with Crippen LogP contribution in [0.3, 0.4) is 0 Å². The van der Waals surface area contributed by atoms with E-state index in [1.807, 2.05) is 0 Å². The SMILES string of the molecule is CCC(F)(CN)c1sccc1Cl. The highest BCUT2D eigenvalue weighted by atomic mass is 35.5. The second-order valence-electron chi connectivity index (χ2n) is 2.62. The monoisotopic (exact) mass is 207 g/mol. The Labute approximate surface area is 80.3 Å². The van der Waals surface area contributed by atoms with Gasteiger partial charge in [-0.2, -0.15) is 0 Å². The minimum Gasteiger partial charge on any atom is -0.327 e. The van der Waals surface area contributed by atoms with Crippen LogP contribution in [0.2, 0.25) is 5.02 Å². The zero-order chi connectivity index (χ0) is 9.19. The number of halogens is 2. The normalized spacial score (nSPS) is 16.0. The van der Waals surface area contributed by atoms with Gasteiger partial charge in [-0.3, -0.25) is 0 Å². The lowest BCUT2D eigenvalue weighted by Gasteiger charge is -2.20. The first-order chi connectivity index (χ1) is 5.64. The van der Waals surface area contributed by atoms with Gasteiger partial charge in [0.15, 0.2) is 5.67 Å². The van der Waals surface area contributed by atoms with Crippen LogP contribution < -0.4 is 5.73 Å². The van der Waals surface area contributed by atoms with Crippen molar-refractivity contribution in [3.05, 3.63) is 21.3 Å². The Hall–Kier alpha value is -0.120. The Morgan fingerprint density at radius 1 is 1.75 bits per heavy atom. The van der Waals surface area contributed by atoms with Gasteiger partial charge in [-0.1, -0.05) is 18.5 Å². The summed E-state index contributed by atoms with van der Waals surface area (Å²) >= 11 is 7.12. The topological polar surface area (TPSA) is 26.0 Å². The molecule has 0 saturated heterocycles. The first kappa shape index (κ1) is 9.96. The highest BCUT2D eigenvalue weighted by Crippen LogP contribution is 2.37.